The summed E-state index contributed by atoms with van der Waals surface area (Å²) < 4.78 is 45.2. The maximum Gasteiger partial charge on any atom is 0.281 e. The van der Waals surface area contributed by atoms with Gasteiger partial charge in [-0.15, -0.1) is 11.3 Å². The number of rotatable bonds is 7. The van der Waals surface area contributed by atoms with Gasteiger partial charge >= 0.3 is 0 Å². The topological polar surface area (TPSA) is 49.1 Å². The Hall–Kier alpha value is -2.11. The molecule has 0 saturated carbocycles. The number of hydrogen-bond acceptors (Lipinski definition) is 5. The highest BCUT2D eigenvalue weighted by Gasteiger charge is 2.31. The number of hydrogen-bond donors (Lipinski definition) is 0. The third kappa shape index (κ3) is 4.50. The number of ether oxygens (including phenoxy) is 1. The molecule has 0 N–H and O–H groups in total. The first-order chi connectivity index (χ1) is 12.0. The fraction of sp³-hybridized carbons (Fsp3) is 0.412. The second kappa shape index (κ2) is 8.83. The second-order valence-corrected chi connectivity index (χ2v) is 6.29. The van der Waals surface area contributed by atoms with Crippen molar-refractivity contribution in [2.45, 2.75) is 31.4 Å². The summed E-state index contributed by atoms with van der Waals surface area (Å²) >= 11 is 1.06. The summed E-state index contributed by atoms with van der Waals surface area (Å²) in [6.07, 6.45) is 0.484. The van der Waals surface area contributed by atoms with Gasteiger partial charge in [0.05, 0.1) is 16.5 Å². The van der Waals surface area contributed by atoms with Gasteiger partial charge in [-0.25, -0.2) is 18.2 Å². The Kier molecular flexibility index (Phi) is 6.79. The van der Waals surface area contributed by atoms with E-state index in [-0.39, 0.29) is 22.4 Å². The van der Waals surface area contributed by atoms with Crippen LogP contribution in [0.2, 0.25) is 0 Å². The van der Waals surface area contributed by atoms with Crippen molar-refractivity contribution < 1.29 is 17.9 Å². The van der Waals surface area contributed by atoms with Crippen LogP contribution in [0.25, 0.3) is 0 Å². The van der Waals surface area contributed by atoms with Crippen molar-refractivity contribution in [2.75, 3.05) is 13.1 Å². The van der Waals surface area contributed by atoms with Crippen LogP contribution < -0.4 is 0 Å². The normalized spacial score (nSPS) is 18.4. The molecule has 8 heteroatoms. The molecule has 0 spiro atoms. The van der Waals surface area contributed by atoms with Crippen molar-refractivity contribution in [3.05, 3.63) is 53.0 Å². The average Bonchev–Trinajstić information content (AvgIpc) is 3.10. The van der Waals surface area contributed by atoms with E-state index >= 15 is 0 Å². The highest BCUT2D eigenvalue weighted by atomic mass is 32.1. The summed E-state index contributed by atoms with van der Waals surface area (Å²) in [4.78, 5) is 5.77. The summed E-state index contributed by atoms with van der Waals surface area (Å²) in [5, 5.41) is 9.44. The van der Waals surface area contributed by atoms with Crippen molar-refractivity contribution in [3.63, 3.8) is 0 Å². The fourth-order valence-corrected chi connectivity index (χ4v) is 3.55. The Labute approximate surface area is 148 Å². The summed E-state index contributed by atoms with van der Waals surface area (Å²) in [6.45, 7) is 7.81. The van der Waals surface area contributed by atoms with E-state index in [4.69, 9.17) is 4.74 Å². The van der Waals surface area contributed by atoms with Crippen molar-refractivity contribution in [1.29, 1.82) is 5.26 Å². The van der Waals surface area contributed by atoms with Crippen molar-refractivity contribution in [2.24, 2.45) is 0 Å². The fourth-order valence-electron chi connectivity index (χ4n) is 2.67. The molecule has 4 nitrogen and oxygen atoms in total. The van der Waals surface area contributed by atoms with E-state index in [0.717, 1.165) is 17.4 Å². The molecule has 134 valence electrons. The van der Waals surface area contributed by atoms with E-state index in [9.17, 15) is 18.4 Å². The van der Waals surface area contributed by atoms with Gasteiger partial charge in [0.1, 0.15) is 17.8 Å². The first kappa shape index (κ1) is 19.2. The number of alkyl halides is 2. The number of nitrogens with zero attached hydrogens (tertiary/aromatic N) is 3. The second-order valence-electron chi connectivity index (χ2n) is 5.41. The van der Waals surface area contributed by atoms with Crippen LogP contribution >= 0.6 is 11.3 Å². The van der Waals surface area contributed by atoms with Crippen LogP contribution in [0.1, 0.15) is 35.9 Å². The van der Waals surface area contributed by atoms with Crippen LogP contribution in [0.15, 0.2) is 42.4 Å². The third-order valence-corrected chi connectivity index (χ3v) is 4.83. The largest absolute Gasteiger partial charge is 0.487 e. The minimum atomic E-state index is -2.71. The third-order valence-electron chi connectivity index (χ3n) is 3.94. The molecule has 2 rings (SSSR count). The Morgan fingerprint density at radius 2 is 2.08 bits per heavy atom. The first-order valence-corrected chi connectivity index (χ1v) is 8.56. The van der Waals surface area contributed by atoms with Gasteiger partial charge in [-0.3, -0.25) is 4.90 Å². The molecular weight excluding hydrogens is 351 g/mol. The zero-order valence-corrected chi connectivity index (χ0v) is 14.3. The molecule has 25 heavy (non-hydrogen) atoms. The van der Waals surface area contributed by atoms with Gasteiger partial charge < -0.3 is 4.74 Å². The molecule has 0 aliphatic carbocycles. The lowest BCUT2D eigenvalue weighted by atomic mass is 10.0. The highest BCUT2D eigenvalue weighted by Crippen LogP contribution is 2.34. The molecular formula is C17H18F3N3OS. The Morgan fingerprint density at radius 1 is 1.40 bits per heavy atom. The quantitative estimate of drug-likeness (QED) is 0.517. The molecule has 1 fully saturated rings. The van der Waals surface area contributed by atoms with E-state index in [1.807, 2.05) is 4.90 Å². The number of allylic oxidation sites excluding steroid dienone is 3. The van der Waals surface area contributed by atoms with Crippen LogP contribution in [0.3, 0.4) is 0 Å². The van der Waals surface area contributed by atoms with Crippen LogP contribution in [0.5, 0.6) is 0 Å². The SMILES string of the molecule is C=C/C(F)=C(\C=C)OC1CCN(C(C#N)c2scnc2C(F)F)CC1. The van der Waals surface area contributed by atoms with Crippen molar-refractivity contribution in [3.8, 4) is 6.07 Å². The number of thiazole rings is 1. The Balaban J connectivity index is 2.03. The predicted molar refractivity (Wildman–Crippen MR) is 89.6 cm³/mol. The van der Waals surface area contributed by atoms with Crippen LogP contribution in [-0.4, -0.2) is 29.1 Å². The molecule has 1 aliphatic heterocycles. The first-order valence-electron chi connectivity index (χ1n) is 7.68. The van der Waals surface area contributed by atoms with E-state index in [2.05, 4.69) is 24.2 Å². The standard InChI is InChI=1S/C17H18F3N3OS/c1-3-12(18)14(4-2)24-11-5-7-23(8-6-11)13(9-21)16-15(17(19)20)22-10-25-16/h3-4,10-11,13,17H,1-2,5-8H2/b14-12-. The zero-order valence-electron chi connectivity index (χ0n) is 13.5. The molecule has 1 atom stereocenters. The van der Waals surface area contributed by atoms with Crippen LogP contribution in [-0.2, 0) is 4.74 Å². The van der Waals surface area contributed by atoms with Gasteiger partial charge in [0, 0.05) is 13.1 Å². The van der Waals surface area contributed by atoms with E-state index in [1.165, 1.54) is 11.6 Å². The summed E-state index contributed by atoms with van der Waals surface area (Å²) in [5.41, 5.74) is 0.996. The predicted octanol–water partition coefficient (Wildman–Crippen LogP) is 4.68. The molecule has 1 aromatic rings. The minimum Gasteiger partial charge on any atom is -0.487 e. The molecule has 1 saturated heterocycles. The number of piperidine rings is 1. The summed E-state index contributed by atoms with van der Waals surface area (Å²) in [5.74, 6) is -0.550. The molecule has 0 bridgehead atoms. The smallest absolute Gasteiger partial charge is 0.281 e. The van der Waals surface area contributed by atoms with Gasteiger partial charge in [-0.1, -0.05) is 13.2 Å². The van der Waals surface area contributed by atoms with Gasteiger partial charge in [0.25, 0.3) is 6.43 Å². The lowest BCUT2D eigenvalue weighted by Gasteiger charge is -2.34. The van der Waals surface area contributed by atoms with Gasteiger partial charge in [-0.2, -0.15) is 5.26 Å². The molecule has 1 aromatic heterocycles. The van der Waals surface area contributed by atoms with Crippen LogP contribution in [0.4, 0.5) is 13.2 Å². The zero-order chi connectivity index (χ0) is 18.4. The molecule has 1 aliphatic rings. The number of halogens is 3. The Bertz CT molecular complexity index is 688. The number of likely N-dealkylation sites (tertiary alicyclic amines) is 1. The lowest BCUT2D eigenvalue weighted by molar-refractivity contribution is 0.0446. The van der Waals surface area contributed by atoms with Gasteiger partial charge in [0.15, 0.2) is 11.6 Å². The van der Waals surface area contributed by atoms with E-state index in [1.54, 1.807) is 0 Å². The number of nitriles is 1. The maximum atomic E-state index is 13.6. The molecule has 0 amide bonds. The average molecular weight is 369 g/mol. The summed E-state index contributed by atoms with van der Waals surface area (Å²) in [6, 6.07) is 1.32. The Morgan fingerprint density at radius 3 is 2.60 bits per heavy atom. The molecule has 1 unspecified atom stereocenters. The van der Waals surface area contributed by atoms with Crippen molar-refractivity contribution in [1.82, 2.24) is 9.88 Å². The summed E-state index contributed by atoms with van der Waals surface area (Å²) in [7, 11) is 0. The highest BCUT2D eigenvalue weighted by molar-refractivity contribution is 7.09. The molecule has 2 heterocycles. The van der Waals surface area contributed by atoms with Crippen molar-refractivity contribution >= 4 is 11.3 Å². The maximum absolute atomic E-state index is 13.6. The van der Waals surface area contributed by atoms with Gasteiger partial charge in [-0.05, 0) is 25.0 Å². The lowest BCUT2D eigenvalue weighted by Crippen LogP contribution is -2.39. The number of aromatic nitrogens is 1. The monoisotopic (exact) mass is 369 g/mol. The molecule has 0 radical (unpaired) electrons. The minimum absolute atomic E-state index is 0.0349. The molecule has 0 aromatic carbocycles. The van der Waals surface area contributed by atoms with Crippen LogP contribution in [0, 0.1) is 11.3 Å². The van der Waals surface area contributed by atoms with E-state index in [0.29, 0.717) is 25.9 Å². The van der Waals surface area contributed by atoms with Gasteiger partial charge in [0.2, 0.25) is 0 Å². The van der Waals surface area contributed by atoms with E-state index < -0.39 is 18.3 Å².